The minimum absolute atomic E-state index is 0.000451. The first kappa shape index (κ1) is 18.0. The summed E-state index contributed by atoms with van der Waals surface area (Å²) in [4.78, 5) is 26.5. The predicted molar refractivity (Wildman–Crippen MR) is 99.4 cm³/mol. The Morgan fingerprint density at radius 1 is 1.12 bits per heavy atom. The Morgan fingerprint density at radius 3 is 2.48 bits per heavy atom. The Hall–Kier alpha value is -1.84. The molecular formula is C21H30N2O2. The summed E-state index contributed by atoms with van der Waals surface area (Å²) in [5.74, 6) is 0.956. The molecule has 0 radical (unpaired) electrons. The van der Waals surface area contributed by atoms with E-state index in [-0.39, 0.29) is 24.3 Å². The number of carbonyl (C=O) groups is 2. The van der Waals surface area contributed by atoms with Gasteiger partial charge in [0, 0.05) is 19.5 Å². The second kappa shape index (κ2) is 8.03. The van der Waals surface area contributed by atoms with E-state index in [1.165, 1.54) is 36.0 Å². The van der Waals surface area contributed by atoms with Gasteiger partial charge in [0.25, 0.3) is 0 Å². The molecule has 2 amide bonds. The van der Waals surface area contributed by atoms with Crippen molar-refractivity contribution in [3.63, 3.8) is 0 Å². The predicted octanol–water partition coefficient (Wildman–Crippen LogP) is 3.32. The number of hydrogen-bond acceptors (Lipinski definition) is 2. The van der Waals surface area contributed by atoms with E-state index < -0.39 is 0 Å². The first-order valence-electron chi connectivity index (χ1n) is 9.66. The van der Waals surface area contributed by atoms with Crippen molar-refractivity contribution in [3.05, 3.63) is 34.9 Å². The van der Waals surface area contributed by atoms with Crippen LogP contribution in [-0.2, 0) is 9.59 Å². The molecule has 1 saturated heterocycles. The molecule has 2 fully saturated rings. The Labute approximate surface area is 151 Å². The zero-order valence-corrected chi connectivity index (χ0v) is 15.5. The first-order chi connectivity index (χ1) is 12.0. The maximum atomic E-state index is 12.4. The van der Waals surface area contributed by atoms with Gasteiger partial charge in [0.1, 0.15) is 0 Å². The van der Waals surface area contributed by atoms with Crippen LogP contribution in [0.1, 0.15) is 61.1 Å². The molecule has 0 spiro atoms. The maximum Gasteiger partial charge on any atom is 0.241 e. The maximum absolute atomic E-state index is 12.4. The molecule has 1 heterocycles. The fraction of sp³-hybridized carbons (Fsp3) is 0.619. The van der Waals surface area contributed by atoms with E-state index in [2.05, 4.69) is 37.4 Å². The van der Waals surface area contributed by atoms with Crippen molar-refractivity contribution < 1.29 is 9.59 Å². The summed E-state index contributed by atoms with van der Waals surface area (Å²) in [5.41, 5.74) is 3.84. The van der Waals surface area contributed by atoms with Gasteiger partial charge in [0.2, 0.25) is 11.8 Å². The lowest BCUT2D eigenvalue weighted by Gasteiger charge is -2.27. The summed E-state index contributed by atoms with van der Waals surface area (Å²) in [6.45, 7) is 6.05. The first-order valence-corrected chi connectivity index (χ1v) is 9.66. The molecule has 1 aromatic carbocycles. The van der Waals surface area contributed by atoms with Crippen LogP contribution in [0.5, 0.6) is 0 Å². The zero-order chi connectivity index (χ0) is 17.8. The van der Waals surface area contributed by atoms with Crippen LogP contribution in [-0.4, -0.2) is 36.3 Å². The van der Waals surface area contributed by atoms with Crippen molar-refractivity contribution in [2.24, 2.45) is 5.92 Å². The van der Waals surface area contributed by atoms with Gasteiger partial charge in [-0.25, -0.2) is 0 Å². The third-order valence-corrected chi connectivity index (χ3v) is 5.70. The molecule has 1 saturated carbocycles. The lowest BCUT2D eigenvalue weighted by Crippen LogP contribution is -2.42. The van der Waals surface area contributed by atoms with Crippen molar-refractivity contribution in [2.45, 2.75) is 58.3 Å². The third-order valence-electron chi connectivity index (χ3n) is 5.70. The highest BCUT2D eigenvalue weighted by Gasteiger charge is 2.34. The lowest BCUT2D eigenvalue weighted by molar-refractivity contribution is -0.133. The number of nitrogens with zero attached hydrogens (tertiary/aromatic N) is 1. The molecule has 1 aliphatic carbocycles. The molecule has 136 valence electrons. The van der Waals surface area contributed by atoms with E-state index >= 15 is 0 Å². The van der Waals surface area contributed by atoms with Crippen molar-refractivity contribution in [1.82, 2.24) is 10.2 Å². The van der Waals surface area contributed by atoms with E-state index in [0.717, 1.165) is 25.9 Å². The Bertz CT molecular complexity index is 631. The van der Waals surface area contributed by atoms with Crippen LogP contribution in [0.2, 0.25) is 0 Å². The van der Waals surface area contributed by atoms with Crippen molar-refractivity contribution in [1.29, 1.82) is 0 Å². The van der Waals surface area contributed by atoms with Crippen LogP contribution in [0.15, 0.2) is 18.2 Å². The van der Waals surface area contributed by atoms with Gasteiger partial charge in [-0.15, -0.1) is 0 Å². The van der Waals surface area contributed by atoms with E-state index in [9.17, 15) is 9.59 Å². The SMILES string of the molecule is Cc1ccc(C(CC(=O)NCC(=O)N2CCCCC2)C2CC2)cc1C. The number of aryl methyl sites for hydroxylation is 2. The number of rotatable bonds is 6. The minimum Gasteiger partial charge on any atom is -0.347 e. The van der Waals surface area contributed by atoms with Crippen LogP contribution >= 0.6 is 0 Å². The molecule has 0 aromatic heterocycles. The molecule has 25 heavy (non-hydrogen) atoms. The summed E-state index contributed by atoms with van der Waals surface area (Å²) in [6, 6.07) is 6.54. The summed E-state index contributed by atoms with van der Waals surface area (Å²) >= 11 is 0. The summed E-state index contributed by atoms with van der Waals surface area (Å²) in [7, 11) is 0. The molecule has 1 aliphatic heterocycles. The van der Waals surface area contributed by atoms with Gasteiger partial charge in [-0.1, -0.05) is 18.2 Å². The quantitative estimate of drug-likeness (QED) is 0.862. The number of nitrogens with one attached hydrogen (secondary N) is 1. The standard InChI is InChI=1S/C21H30N2O2/c1-15-6-7-18(12-16(15)2)19(17-8-9-17)13-20(24)22-14-21(25)23-10-4-3-5-11-23/h6-7,12,17,19H,3-5,8-11,13-14H2,1-2H3,(H,22,24). The van der Waals surface area contributed by atoms with Crippen molar-refractivity contribution >= 4 is 11.8 Å². The molecular weight excluding hydrogens is 312 g/mol. The monoisotopic (exact) mass is 342 g/mol. The van der Waals surface area contributed by atoms with Crippen LogP contribution in [0.3, 0.4) is 0 Å². The molecule has 1 N–H and O–H groups in total. The highest BCUT2D eigenvalue weighted by Crippen LogP contribution is 2.44. The van der Waals surface area contributed by atoms with Gasteiger partial charge in [-0.2, -0.15) is 0 Å². The van der Waals surface area contributed by atoms with Crippen LogP contribution in [0, 0.1) is 19.8 Å². The summed E-state index contributed by atoms with van der Waals surface area (Å²) in [6.07, 6.45) is 6.26. The molecule has 0 bridgehead atoms. The number of hydrogen-bond donors (Lipinski definition) is 1. The largest absolute Gasteiger partial charge is 0.347 e. The summed E-state index contributed by atoms with van der Waals surface area (Å²) < 4.78 is 0. The van der Waals surface area contributed by atoms with Crippen LogP contribution < -0.4 is 5.32 Å². The van der Waals surface area contributed by atoms with E-state index in [1.54, 1.807) is 0 Å². The summed E-state index contributed by atoms with van der Waals surface area (Å²) in [5, 5.41) is 2.86. The van der Waals surface area contributed by atoms with Crippen LogP contribution in [0.25, 0.3) is 0 Å². The lowest BCUT2D eigenvalue weighted by atomic mass is 9.89. The number of piperidine rings is 1. The highest BCUT2D eigenvalue weighted by molar-refractivity contribution is 5.85. The van der Waals surface area contributed by atoms with Crippen molar-refractivity contribution in [2.75, 3.05) is 19.6 Å². The molecule has 1 unspecified atom stereocenters. The Balaban J connectivity index is 1.54. The number of amides is 2. The van der Waals surface area contributed by atoms with Gasteiger partial charge in [0.15, 0.2) is 0 Å². The topological polar surface area (TPSA) is 49.4 Å². The fourth-order valence-electron chi connectivity index (χ4n) is 3.75. The Morgan fingerprint density at radius 2 is 1.84 bits per heavy atom. The van der Waals surface area contributed by atoms with Crippen molar-refractivity contribution in [3.8, 4) is 0 Å². The Kier molecular flexibility index (Phi) is 5.77. The fourth-order valence-corrected chi connectivity index (χ4v) is 3.75. The highest BCUT2D eigenvalue weighted by atomic mass is 16.2. The molecule has 1 aromatic rings. The van der Waals surface area contributed by atoms with Crippen LogP contribution in [0.4, 0.5) is 0 Å². The average molecular weight is 342 g/mol. The molecule has 4 nitrogen and oxygen atoms in total. The second-order valence-corrected chi connectivity index (χ2v) is 7.71. The van der Waals surface area contributed by atoms with E-state index in [4.69, 9.17) is 0 Å². The third kappa shape index (κ3) is 4.83. The van der Waals surface area contributed by atoms with Gasteiger partial charge >= 0.3 is 0 Å². The second-order valence-electron chi connectivity index (χ2n) is 7.71. The molecule has 4 heteroatoms. The van der Waals surface area contributed by atoms with E-state index in [1.807, 2.05) is 4.90 Å². The normalized spacial score (nSPS) is 18.7. The van der Waals surface area contributed by atoms with E-state index in [0.29, 0.717) is 12.3 Å². The smallest absolute Gasteiger partial charge is 0.241 e. The molecule has 3 rings (SSSR count). The van der Waals surface area contributed by atoms with Gasteiger partial charge in [-0.05, 0) is 74.5 Å². The molecule has 1 atom stereocenters. The molecule has 2 aliphatic rings. The van der Waals surface area contributed by atoms with Gasteiger partial charge in [-0.3, -0.25) is 9.59 Å². The minimum atomic E-state index is 0.000451. The number of carbonyl (C=O) groups excluding carboxylic acids is 2. The van der Waals surface area contributed by atoms with Gasteiger partial charge in [0.05, 0.1) is 6.54 Å². The average Bonchev–Trinajstić information content (AvgIpc) is 3.46. The zero-order valence-electron chi connectivity index (χ0n) is 15.5. The van der Waals surface area contributed by atoms with Gasteiger partial charge < -0.3 is 10.2 Å². The number of benzene rings is 1. The number of likely N-dealkylation sites (tertiary alicyclic amines) is 1.